The predicted octanol–water partition coefficient (Wildman–Crippen LogP) is 2.56. The van der Waals surface area contributed by atoms with Crippen molar-refractivity contribution in [3.63, 3.8) is 0 Å². The van der Waals surface area contributed by atoms with Crippen molar-refractivity contribution in [2.45, 2.75) is 0 Å². The van der Waals surface area contributed by atoms with Crippen molar-refractivity contribution < 1.29 is 18.7 Å². The average molecular weight is 287 g/mol. The number of carbonyl (C=O) groups excluding carboxylic acids is 1. The predicted molar refractivity (Wildman–Crippen MR) is 74.7 cm³/mol. The molecular formula is C16H11F2NO2. The number of anilines is 1. The van der Waals surface area contributed by atoms with Gasteiger partial charge in [0.1, 0.15) is 18.2 Å². The molecule has 0 spiro atoms. The van der Waals surface area contributed by atoms with E-state index >= 15 is 0 Å². The minimum absolute atomic E-state index is 0.0141. The number of aliphatic hydroxyl groups excluding tert-OH is 1. The Balaban J connectivity index is 2.32. The first-order valence-electron chi connectivity index (χ1n) is 6.06. The van der Waals surface area contributed by atoms with E-state index in [1.54, 1.807) is 0 Å². The van der Waals surface area contributed by atoms with Crippen molar-refractivity contribution in [2.24, 2.45) is 0 Å². The van der Waals surface area contributed by atoms with E-state index in [-0.39, 0.29) is 23.4 Å². The van der Waals surface area contributed by atoms with Crippen molar-refractivity contribution >= 4 is 11.6 Å². The van der Waals surface area contributed by atoms with Gasteiger partial charge in [0.15, 0.2) is 0 Å². The fourth-order valence-corrected chi connectivity index (χ4v) is 1.71. The number of carbonyl (C=O) groups is 1. The first-order chi connectivity index (χ1) is 10.1. The third kappa shape index (κ3) is 3.88. The fraction of sp³-hybridized carbons (Fsp3) is 0.0625. The largest absolute Gasteiger partial charge is 0.384 e. The molecule has 2 aromatic rings. The van der Waals surface area contributed by atoms with E-state index < -0.39 is 17.5 Å². The van der Waals surface area contributed by atoms with Crippen LogP contribution in [0.5, 0.6) is 0 Å². The van der Waals surface area contributed by atoms with E-state index in [0.29, 0.717) is 0 Å². The van der Waals surface area contributed by atoms with Gasteiger partial charge in [0.05, 0.1) is 5.56 Å². The Morgan fingerprint density at radius 3 is 2.62 bits per heavy atom. The van der Waals surface area contributed by atoms with Crippen LogP contribution in [-0.2, 0) is 0 Å². The Morgan fingerprint density at radius 1 is 1.14 bits per heavy atom. The smallest absolute Gasteiger partial charge is 0.257 e. The molecule has 3 nitrogen and oxygen atoms in total. The van der Waals surface area contributed by atoms with Crippen molar-refractivity contribution in [2.75, 3.05) is 11.9 Å². The Morgan fingerprint density at radius 2 is 1.90 bits per heavy atom. The lowest BCUT2D eigenvalue weighted by molar-refractivity contribution is 0.102. The van der Waals surface area contributed by atoms with Crippen LogP contribution < -0.4 is 5.32 Å². The number of halogens is 2. The van der Waals surface area contributed by atoms with E-state index in [1.165, 1.54) is 30.3 Å². The first-order valence-corrected chi connectivity index (χ1v) is 6.06. The van der Waals surface area contributed by atoms with Gasteiger partial charge in [-0.2, -0.15) is 0 Å². The highest BCUT2D eigenvalue weighted by molar-refractivity contribution is 6.06. The van der Waals surface area contributed by atoms with Crippen LogP contribution in [0.25, 0.3) is 0 Å². The second kappa shape index (κ2) is 6.64. The maximum atomic E-state index is 13.3. The van der Waals surface area contributed by atoms with Gasteiger partial charge in [-0.1, -0.05) is 17.9 Å². The van der Waals surface area contributed by atoms with E-state index in [1.807, 2.05) is 0 Å². The van der Waals surface area contributed by atoms with Crippen LogP contribution in [0, 0.1) is 23.5 Å². The van der Waals surface area contributed by atoms with Crippen LogP contribution in [0.1, 0.15) is 15.9 Å². The molecular weight excluding hydrogens is 276 g/mol. The van der Waals surface area contributed by atoms with E-state index in [0.717, 1.165) is 12.1 Å². The summed E-state index contributed by atoms with van der Waals surface area (Å²) in [6, 6.07) is 8.91. The number of benzene rings is 2. The third-order valence-electron chi connectivity index (χ3n) is 2.61. The number of aliphatic hydroxyl groups is 1. The summed E-state index contributed by atoms with van der Waals surface area (Å²) in [5.74, 6) is 3.27. The molecule has 2 aromatic carbocycles. The van der Waals surface area contributed by atoms with E-state index in [4.69, 9.17) is 5.11 Å². The molecule has 5 heteroatoms. The highest BCUT2D eigenvalue weighted by Crippen LogP contribution is 2.15. The zero-order chi connectivity index (χ0) is 15.2. The highest BCUT2D eigenvalue weighted by Gasteiger charge is 2.12. The van der Waals surface area contributed by atoms with Crippen molar-refractivity contribution in [3.05, 3.63) is 65.2 Å². The zero-order valence-electron chi connectivity index (χ0n) is 10.9. The fourth-order valence-electron chi connectivity index (χ4n) is 1.71. The molecule has 1 amide bonds. The molecule has 0 aliphatic carbocycles. The number of hydrogen-bond acceptors (Lipinski definition) is 2. The number of amides is 1. The normalized spacial score (nSPS) is 9.67. The number of nitrogens with one attached hydrogen (secondary N) is 1. The van der Waals surface area contributed by atoms with Crippen LogP contribution in [0.15, 0.2) is 42.5 Å². The zero-order valence-corrected chi connectivity index (χ0v) is 10.9. The van der Waals surface area contributed by atoms with Crippen LogP contribution in [0.4, 0.5) is 14.5 Å². The summed E-state index contributed by atoms with van der Waals surface area (Å²) in [5, 5.41) is 11.2. The second-order valence-corrected chi connectivity index (χ2v) is 4.11. The lowest BCUT2D eigenvalue weighted by atomic mass is 10.1. The van der Waals surface area contributed by atoms with Crippen LogP contribution in [0.3, 0.4) is 0 Å². The van der Waals surface area contributed by atoms with Gasteiger partial charge in [0.2, 0.25) is 0 Å². The maximum absolute atomic E-state index is 13.3. The molecule has 0 aliphatic heterocycles. The molecule has 0 saturated carbocycles. The molecule has 0 fully saturated rings. The molecule has 0 saturated heterocycles. The highest BCUT2D eigenvalue weighted by atomic mass is 19.1. The van der Waals surface area contributed by atoms with Gasteiger partial charge in [-0.3, -0.25) is 4.79 Å². The van der Waals surface area contributed by atoms with Crippen molar-refractivity contribution in [1.29, 1.82) is 0 Å². The molecule has 0 aliphatic rings. The SMILES string of the molecule is O=C(Nc1cccc(F)c1)c1cc(F)ccc1C#CCO. The van der Waals surface area contributed by atoms with E-state index in [9.17, 15) is 13.6 Å². The third-order valence-corrected chi connectivity index (χ3v) is 2.61. The molecule has 0 bridgehead atoms. The van der Waals surface area contributed by atoms with Crippen molar-refractivity contribution in [1.82, 2.24) is 0 Å². The quantitative estimate of drug-likeness (QED) is 0.834. The molecule has 2 rings (SSSR count). The monoisotopic (exact) mass is 287 g/mol. The summed E-state index contributed by atoms with van der Waals surface area (Å²) in [6.45, 7) is -0.373. The van der Waals surface area contributed by atoms with Gasteiger partial charge >= 0.3 is 0 Å². The van der Waals surface area contributed by atoms with Gasteiger partial charge in [-0.25, -0.2) is 8.78 Å². The van der Waals surface area contributed by atoms with E-state index in [2.05, 4.69) is 17.2 Å². The van der Waals surface area contributed by atoms with Crippen LogP contribution >= 0.6 is 0 Å². The Labute approximate surface area is 120 Å². The summed E-state index contributed by atoms with van der Waals surface area (Å²) in [4.78, 5) is 12.1. The maximum Gasteiger partial charge on any atom is 0.257 e. The average Bonchev–Trinajstić information content (AvgIpc) is 2.46. The summed E-state index contributed by atoms with van der Waals surface area (Å²) < 4.78 is 26.4. The minimum Gasteiger partial charge on any atom is -0.384 e. The van der Waals surface area contributed by atoms with Gasteiger partial charge in [0, 0.05) is 11.3 Å². The van der Waals surface area contributed by atoms with Crippen LogP contribution in [-0.4, -0.2) is 17.6 Å². The Kier molecular flexibility index (Phi) is 4.64. The molecule has 0 heterocycles. The summed E-state index contributed by atoms with van der Waals surface area (Å²) in [6.07, 6.45) is 0. The molecule has 106 valence electrons. The topological polar surface area (TPSA) is 49.3 Å². The molecule has 0 unspecified atom stereocenters. The summed E-state index contributed by atoms with van der Waals surface area (Å²) in [5.41, 5.74) is 0.546. The summed E-state index contributed by atoms with van der Waals surface area (Å²) in [7, 11) is 0. The van der Waals surface area contributed by atoms with Gasteiger partial charge in [-0.15, -0.1) is 0 Å². The molecule has 0 radical (unpaired) electrons. The van der Waals surface area contributed by atoms with Gasteiger partial charge < -0.3 is 10.4 Å². The first kappa shape index (κ1) is 14.7. The molecule has 2 N–H and O–H groups in total. The number of hydrogen-bond donors (Lipinski definition) is 2. The van der Waals surface area contributed by atoms with Crippen LogP contribution in [0.2, 0.25) is 0 Å². The lowest BCUT2D eigenvalue weighted by Crippen LogP contribution is -2.14. The Hall–Kier alpha value is -2.71. The molecule has 0 aromatic heterocycles. The minimum atomic E-state index is -0.609. The summed E-state index contributed by atoms with van der Waals surface area (Å²) >= 11 is 0. The Bertz CT molecular complexity index is 733. The second-order valence-electron chi connectivity index (χ2n) is 4.11. The molecule has 0 atom stereocenters. The van der Waals surface area contributed by atoms with Gasteiger partial charge in [0.25, 0.3) is 5.91 Å². The van der Waals surface area contributed by atoms with Gasteiger partial charge in [-0.05, 0) is 36.4 Å². The number of rotatable bonds is 2. The lowest BCUT2D eigenvalue weighted by Gasteiger charge is -2.07. The molecule has 21 heavy (non-hydrogen) atoms. The standard InChI is InChI=1S/C16H11F2NO2/c17-12-4-1-5-14(9-12)19-16(21)15-10-13(18)7-6-11(15)3-2-8-20/h1,4-7,9-10,20H,8H2,(H,19,21). The van der Waals surface area contributed by atoms with Crippen molar-refractivity contribution in [3.8, 4) is 11.8 Å².